The standard InChI is InChI=1S/C28H30N2O4S/c1-4-19(3)30(28(32)20-9-10-23-24(15-20)34-17-33-23)16-26(31)29-13-11-25-22(12-14-35-25)27(29)21-8-6-5-7-18(21)2/h5-10,12,14-15,19,27H,4,11,13,16-17H2,1-3H3. The number of carbonyl (C=O) groups is 2. The molecule has 0 N–H and O–H groups in total. The first-order valence-corrected chi connectivity index (χ1v) is 13.0. The Morgan fingerprint density at radius 2 is 1.91 bits per heavy atom. The maximum atomic E-state index is 13.9. The van der Waals surface area contributed by atoms with Gasteiger partial charge in [-0.15, -0.1) is 11.3 Å². The molecule has 0 radical (unpaired) electrons. The summed E-state index contributed by atoms with van der Waals surface area (Å²) in [6.07, 6.45) is 1.58. The van der Waals surface area contributed by atoms with E-state index < -0.39 is 0 Å². The van der Waals surface area contributed by atoms with E-state index in [1.54, 1.807) is 34.4 Å². The summed E-state index contributed by atoms with van der Waals surface area (Å²) in [5, 5.41) is 2.11. The molecule has 2 amide bonds. The lowest BCUT2D eigenvalue weighted by atomic mass is 9.90. The third-order valence-electron chi connectivity index (χ3n) is 7.08. The fourth-order valence-electron chi connectivity index (χ4n) is 4.89. The number of carbonyl (C=O) groups excluding carboxylic acids is 2. The zero-order chi connectivity index (χ0) is 24.5. The average Bonchev–Trinajstić information content (AvgIpc) is 3.55. The van der Waals surface area contributed by atoms with E-state index >= 15 is 0 Å². The van der Waals surface area contributed by atoms with E-state index in [9.17, 15) is 9.59 Å². The fourth-order valence-corrected chi connectivity index (χ4v) is 5.80. The Balaban J connectivity index is 1.44. The lowest BCUT2D eigenvalue weighted by Gasteiger charge is -2.39. The van der Waals surface area contributed by atoms with E-state index in [0.717, 1.165) is 24.0 Å². The Bertz CT molecular complexity index is 1250. The quantitative estimate of drug-likeness (QED) is 0.477. The highest BCUT2D eigenvalue weighted by Crippen LogP contribution is 2.39. The fraction of sp³-hybridized carbons (Fsp3) is 0.357. The molecule has 0 fully saturated rings. The molecule has 182 valence electrons. The predicted molar refractivity (Wildman–Crippen MR) is 136 cm³/mol. The first kappa shape index (κ1) is 23.4. The molecule has 1 aromatic heterocycles. The highest BCUT2D eigenvalue weighted by atomic mass is 32.1. The van der Waals surface area contributed by atoms with Gasteiger partial charge >= 0.3 is 0 Å². The number of nitrogens with zero attached hydrogens (tertiary/aromatic N) is 2. The number of fused-ring (bicyclic) bond motifs is 2. The van der Waals surface area contributed by atoms with Gasteiger partial charge in [0.05, 0.1) is 6.04 Å². The normalized spacial score (nSPS) is 17.1. The lowest BCUT2D eigenvalue weighted by Crippen LogP contribution is -2.49. The number of benzene rings is 2. The molecule has 2 aliphatic rings. The van der Waals surface area contributed by atoms with Crippen molar-refractivity contribution in [2.24, 2.45) is 0 Å². The van der Waals surface area contributed by atoms with Crippen molar-refractivity contribution in [2.75, 3.05) is 19.9 Å². The Kier molecular flexibility index (Phi) is 6.52. The maximum absolute atomic E-state index is 13.9. The summed E-state index contributed by atoms with van der Waals surface area (Å²) in [5.74, 6) is 0.983. The maximum Gasteiger partial charge on any atom is 0.254 e. The molecule has 0 saturated heterocycles. The molecule has 2 aliphatic heterocycles. The third-order valence-corrected chi connectivity index (χ3v) is 8.07. The Hall–Kier alpha value is -3.32. The van der Waals surface area contributed by atoms with Gasteiger partial charge in [-0.3, -0.25) is 9.59 Å². The molecule has 2 unspecified atom stereocenters. The van der Waals surface area contributed by atoms with Crippen LogP contribution >= 0.6 is 11.3 Å². The van der Waals surface area contributed by atoms with Gasteiger partial charge in [0.1, 0.15) is 6.54 Å². The minimum absolute atomic E-state index is 0.0319. The molecular formula is C28H30N2O4S. The van der Waals surface area contributed by atoms with Gasteiger partial charge in [-0.05, 0) is 73.0 Å². The second-order valence-electron chi connectivity index (χ2n) is 9.15. The second-order valence-corrected chi connectivity index (χ2v) is 10.2. The minimum atomic E-state index is -0.174. The molecular weight excluding hydrogens is 460 g/mol. The van der Waals surface area contributed by atoms with Crippen LogP contribution in [-0.2, 0) is 11.2 Å². The molecule has 3 heterocycles. The zero-order valence-electron chi connectivity index (χ0n) is 20.3. The number of thiophene rings is 1. The van der Waals surface area contributed by atoms with E-state index in [4.69, 9.17) is 9.47 Å². The molecule has 0 aliphatic carbocycles. The van der Waals surface area contributed by atoms with Crippen LogP contribution in [0.2, 0.25) is 0 Å². The van der Waals surface area contributed by atoms with E-state index in [2.05, 4.69) is 30.5 Å². The summed E-state index contributed by atoms with van der Waals surface area (Å²) in [4.78, 5) is 32.4. The van der Waals surface area contributed by atoms with Crippen LogP contribution in [0.5, 0.6) is 11.5 Å². The number of amides is 2. The van der Waals surface area contributed by atoms with E-state index in [1.807, 2.05) is 30.9 Å². The summed E-state index contributed by atoms with van der Waals surface area (Å²) in [7, 11) is 0. The summed E-state index contributed by atoms with van der Waals surface area (Å²) in [6, 6.07) is 15.4. The Morgan fingerprint density at radius 3 is 2.71 bits per heavy atom. The summed E-state index contributed by atoms with van der Waals surface area (Å²) >= 11 is 1.75. The van der Waals surface area contributed by atoms with Gasteiger partial charge in [0.15, 0.2) is 11.5 Å². The largest absolute Gasteiger partial charge is 0.454 e. The molecule has 3 aromatic rings. The van der Waals surface area contributed by atoms with Crippen LogP contribution in [0, 0.1) is 6.92 Å². The average molecular weight is 491 g/mol. The van der Waals surface area contributed by atoms with Crippen molar-refractivity contribution in [3.8, 4) is 11.5 Å². The van der Waals surface area contributed by atoms with Crippen molar-refractivity contribution < 1.29 is 19.1 Å². The van der Waals surface area contributed by atoms with Crippen LogP contribution in [0.25, 0.3) is 0 Å². The van der Waals surface area contributed by atoms with Crippen molar-refractivity contribution in [2.45, 2.75) is 45.7 Å². The summed E-state index contributed by atoms with van der Waals surface area (Å²) < 4.78 is 10.8. The molecule has 2 atom stereocenters. The molecule has 7 heteroatoms. The highest BCUT2D eigenvalue weighted by Gasteiger charge is 2.35. The highest BCUT2D eigenvalue weighted by molar-refractivity contribution is 7.10. The number of ether oxygens (including phenoxy) is 2. The number of hydrogen-bond donors (Lipinski definition) is 0. The van der Waals surface area contributed by atoms with Crippen molar-refractivity contribution >= 4 is 23.2 Å². The summed E-state index contributed by atoms with van der Waals surface area (Å²) in [6.45, 7) is 6.93. The molecule has 2 aromatic carbocycles. The van der Waals surface area contributed by atoms with E-state index in [0.29, 0.717) is 23.6 Å². The SMILES string of the molecule is CCC(C)N(CC(=O)N1CCc2sccc2C1c1ccccc1C)C(=O)c1ccc2c(c1)OCO2. The van der Waals surface area contributed by atoms with E-state index in [-0.39, 0.29) is 37.2 Å². The molecule has 35 heavy (non-hydrogen) atoms. The van der Waals surface area contributed by atoms with Crippen LogP contribution in [-0.4, -0.2) is 47.5 Å². The van der Waals surface area contributed by atoms with Crippen LogP contribution < -0.4 is 9.47 Å². The van der Waals surface area contributed by atoms with Gasteiger partial charge < -0.3 is 19.3 Å². The predicted octanol–water partition coefficient (Wildman–Crippen LogP) is 5.20. The van der Waals surface area contributed by atoms with Gasteiger partial charge in [0.25, 0.3) is 5.91 Å². The molecule has 0 bridgehead atoms. The zero-order valence-corrected chi connectivity index (χ0v) is 21.1. The lowest BCUT2D eigenvalue weighted by molar-refractivity contribution is -0.134. The van der Waals surface area contributed by atoms with Crippen molar-refractivity contribution in [1.29, 1.82) is 0 Å². The van der Waals surface area contributed by atoms with Crippen LogP contribution in [0.1, 0.15) is 58.2 Å². The topological polar surface area (TPSA) is 59.1 Å². The third kappa shape index (κ3) is 4.41. The van der Waals surface area contributed by atoms with Crippen LogP contribution in [0.4, 0.5) is 0 Å². The van der Waals surface area contributed by atoms with Gasteiger partial charge in [0, 0.05) is 23.0 Å². The number of hydrogen-bond acceptors (Lipinski definition) is 5. The van der Waals surface area contributed by atoms with Crippen molar-refractivity contribution in [1.82, 2.24) is 9.80 Å². The number of aryl methyl sites for hydroxylation is 1. The van der Waals surface area contributed by atoms with Gasteiger partial charge in [-0.2, -0.15) is 0 Å². The van der Waals surface area contributed by atoms with E-state index in [1.165, 1.54) is 10.4 Å². The minimum Gasteiger partial charge on any atom is -0.454 e. The second kappa shape index (κ2) is 9.74. The van der Waals surface area contributed by atoms with Crippen molar-refractivity contribution in [3.05, 3.63) is 81.0 Å². The smallest absolute Gasteiger partial charge is 0.254 e. The molecule has 0 saturated carbocycles. The number of rotatable bonds is 6. The van der Waals surface area contributed by atoms with Gasteiger partial charge in [-0.25, -0.2) is 0 Å². The molecule has 6 nitrogen and oxygen atoms in total. The van der Waals surface area contributed by atoms with Gasteiger partial charge in [0.2, 0.25) is 12.7 Å². The van der Waals surface area contributed by atoms with Gasteiger partial charge in [-0.1, -0.05) is 31.2 Å². The first-order valence-electron chi connectivity index (χ1n) is 12.1. The molecule has 0 spiro atoms. The van der Waals surface area contributed by atoms with Crippen LogP contribution in [0.3, 0.4) is 0 Å². The Morgan fingerprint density at radius 1 is 1.11 bits per heavy atom. The monoisotopic (exact) mass is 490 g/mol. The first-order chi connectivity index (χ1) is 17.0. The molecule has 5 rings (SSSR count). The van der Waals surface area contributed by atoms with Crippen LogP contribution in [0.15, 0.2) is 53.9 Å². The summed E-state index contributed by atoms with van der Waals surface area (Å²) in [5.41, 5.74) is 3.99. The van der Waals surface area contributed by atoms with Crippen molar-refractivity contribution in [3.63, 3.8) is 0 Å². The Labute approximate surface area is 210 Å².